The SMILES string of the molecule is CCOP(=O)(OCC)OCCCCc1ccc(OC(=O)c2ccccc2OC(=O)CCCC(=O)O)cc1. The van der Waals surface area contributed by atoms with E-state index in [4.69, 9.17) is 28.2 Å². The van der Waals surface area contributed by atoms with E-state index in [2.05, 4.69) is 0 Å². The van der Waals surface area contributed by atoms with Crippen molar-refractivity contribution in [1.29, 1.82) is 0 Å². The van der Waals surface area contributed by atoms with Gasteiger partial charge in [-0.2, -0.15) is 0 Å². The molecule has 202 valence electrons. The summed E-state index contributed by atoms with van der Waals surface area (Å²) in [6.45, 7) is 4.16. The summed E-state index contributed by atoms with van der Waals surface area (Å²) in [5, 5.41) is 8.68. The molecule has 2 rings (SSSR count). The van der Waals surface area contributed by atoms with E-state index in [1.54, 1.807) is 38.1 Å². The molecule has 2 aromatic rings. The molecule has 0 aliphatic rings. The smallest absolute Gasteiger partial charge is 0.474 e. The molecular weight excluding hydrogens is 503 g/mol. The van der Waals surface area contributed by atoms with Crippen LogP contribution in [-0.4, -0.2) is 42.8 Å². The minimum Gasteiger partial charge on any atom is -0.481 e. The molecule has 10 nitrogen and oxygen atoms in total. The maximum Gasteiger partial charge on any atom is 0.474 e. The maximum absolute atomic E-state index is 12.7. The number of aliphatic carboxylic acids is 1. The predicted molar refractivity (Wildman–Crippen MR) is 135 cm³/mol. The number of benzene rings is 2. The second kappa shape index (κ2) is 15.9. The minimum absolute atomic E-state index is 0.0462. The number of carbonyl (C=O) groups is 3. The van der Waals surface area contributed by atoms with Gasteiger partial charge < -0.3 is 14.6 Å². The maximum atomic E-state index is 12.7. The molecule has 0 saturated carbocycles. The van der Waals surface area contributed by atoms with Crippen LogP contribution >= 0.6 is 7.82 Å². The first-order valence-electron chi connectivity index (χ1n) is 12.1. The Morgan fingerprint density at radius 2 is 1.49 bits per heavy atom. The number of aryl methyl sites for hydroxylation is 1. The number of ether oxygens (including phenoxy) is 2. The van der Waals surface area contributed by atoms with E-state index in [1.807, 2.05) is 12.1 Å². The monoisotopic (exact) mass is 536 g/mol. The van der Waals surface area contributed by atoms with E-state index in [9.17, 15) is 18.9 Å². The molecule has 0 amide bonds. The Bertz CT molecular complexity index is 1060. The van der Waals surface area contributed by atoms with Crippen molar-refractivity contribution in [3.63, 3.8) is 0 Å². The van der Waals surface area contributed by atoms with E-state index in [-0.39, 0.29) is 50.4 Å². The van der Waals surface area contributed by atoms with Crippen molar-refractivity contribution in [2.24, 2.45) is 0 Å². The molecule has 0 aliphatic heterocycles. The van der Waals surface area contributed by atoms with Crippen LogP contribution in [-0.2, 0) is 34.1 Å². The van der Waals surface area contributed by atoms with Gasteiger partial charge in [-0.25, -0.2) is 9.36 Å². The fraction of sp³-hybridized carbons (Fsp3) is 0.423. The van der Waals surface area contributed by atoms with Crippen molar-refractivity contribution in [3.05, 3.63) is 59.7 Å². The second-order valence-electron chi connectivity index (χ2n) is 7.82. The molecule has 0 radical (unpaired) electrons. The Labute approximate surface area is 216 Å². The number of unbranched alkanes of at least 4 members (excludes halogenated alkanes) is 1. The van der Waals surface area contributed by atoms with Gasteiger partial charge in [-0.15, -0.1) is 0 Å². The standard InChI is InChI=1S/C26H33O10P/c1-3-32-37(31,33-4-2)34-19-8-7-10-20-15-17-21(18-16-20)35-26(30)22-11-5-6-12-23(22)36-25(29)14-9-13-24(27)28/h5-6,11-12,15-18H,3-4,7-10,13-14,19H2,1-2H3,(H,27,28). The largest absolute Gasteiger partial charge is 0.481 e. The molecule has 0 bridgehead atoms. The Morgan fingerprint density at radius 1 is 0.811 bits per heavy atom. The Morgan fingerprint density at radius 3 is 2.14 bits per heavy atom. The molecule has 2 aromatic carbocycles. The Kier molecular flexibility index (Phi) is 13.0. The first-order valence-corrected chi connectivity index (χ1v) is 13.6. The molecule has 0 aromatic heterocycles. The Balaban J connectivity index is 1.83. The fourth-order valence-corrected chi connectivity index (χ4v) is 4.41. The van der Waals surface area contributed by atoms with Gasteiger partial charge in [-0.1, -0.05) is 24.3 Å². The number of hydrogen-bond donors (Lipinski definition) is 1. The number of hydrogen-bond acceptors (Lipinski definition) is 9. The number of carboxylic acids is 1. The van der Waals surface area contributed by atoms with Gasteiger partial charge >= 0.3 is 25.7 Å². The van der Waals surface area contributed by atoms with Crippen molar-refractivity contribution < 1.29 is 47.1 Å². The highest BCUT2D eigenvalue weighted by atomic mass is 31.2. The summed E-state index contributed by atoms with van der Waals surface area (Å²) in [6.07, 6.45) is 2.09. The number of para-hydroxylation sites is 1. The lowest BCUT2D eigenvalue weighted by atomic mass is 10.1. The third-order valence-corrected chi connectivity index (χ3v) is 6.57. The summed E-state index contributed by atoms with van der Waals surface area (Å²) in [6, 6.07) is 13.2. The topological polar surface area (TPSA) is 135 Å². The zero-order valence-corrected chi connectivity index (χ0v) is 21.9. The predicted octanol–water partition coefficient (Wildman–Crippen LogP) is 5.59. The molecule has 0 heterocycles. The second-order valence-corrected chi connectivity index (χ2v) is 9.49. The van der Waals surface area contributed by atoms with E-state index < -0.39 is 25.7 Å². The van der Waals surface area contributed by atoms with Crippen molar-refractivity contribution >= 4 is 25.7 Å². The first-order chi connectivity index (χ1) is 17.8. The summed E-state index contributed by atoms with van der Waals surface area (Å²) in [5.41, 5.74) is 1.10. The van der Waals surface area contributed by atoms with Gasteiger partial charge in [0, 0.05) is 12.8 Å². The van der Waals surface area contributed by atoms with Crippen molar-refractivity contribution in [2.45, 2.75) is 52.4 Å². The van der Waals surface area contributed by atoms with Crippen LogP contribution in [0.5, 0.6) is 11.5 Å². The van der Waals surface area contributed by atoms with Crippen LogP contribution < -0.4 is 9.47 Å². The third-order valence-electron chi connectivity index (χ3n) is 4.92. The van der Waals surface area contributed by atoms with E-state index in [0.717, 1.165) is 18.4 Å². The molecule has 1 N–H and O–H groups in total. The summed E-state index contributed by atoms with van der Waals surface area (Å²) < 4.78 is 38.4. The molecule has 0 atom stereocenters. The van der Waals surface area contributed by atoms with Gasteiger partial charge in [0.15, 0.2) is 0 Å². The van der Waals surface area contributed by atoms with Crippen LogP contribution in [0.3, 0.4) is 0 Å². The van der Waals surface area contributed by atoms with Gasteiger partial charge in [0.1, 0.15) is 17.1 Å². The van der Waals surface area contributed by atoms with E-state index >= 15 is 0 Å². The number of carboxylic acid groups (broad SMARTS) is 1. The summed E-state index contributed by atoms with van der Waals surface area (Å²) in [4.78, 5) is 35.3. The van der Waals surface area contributed by atoms with Crippen molar-refractivity contribution in [3.8, 4) is 11.5 Å². The highest BCUT2D eigenvalue weighted by molar-refractivity contribution is 7.48. The molecule has 0 saturated heterocycles. The average Bonchev–Trinajstić information content (AvgIpc) is 2.85. The average molecular weight is 537 g/mol. The van der Waals surface area contributed by atoms with E-state index in [1.165, 1.54) is 12.1 Å². The molecule has 0 fully saturated rings. The Hall–Kier alpha value is -3.04. The third kappa shape index (κ3) is 11.3. The highest BCUT2D eigenvalue weighted by Gasteiger charge is 2.24. The molecule has 0 aliphatic carbocycles. The summed E-state index contributed by atoms with van der Waals surface area (Å²) in [5.74, 6) is -1.94. The van der Waals surface area contributed by atoms with Crippen LogP contribution in [0.4, 0.5) is 0 Å². The van der Waals surface area contributed by atoms with Crippen LogP contribution in [0.15, 0.2) is 48.5 Å². The van der Waals surface area contributed by atoms with Crippen LogP contribution in [0, 0.1) is 0 Å². The van der Waals surface area contributed by atoms with Gasteiger partial charge in [-0.05, 0) is 69.4 Å². The van der Waals surface area contributed by atoms with Crippen LogP contribution in [0.1, 0.15) is 61.9 Å². The lowest BCUT2D eigenvalue weighted by molar-refractivity contribution is -0.137. The zero-order chi connectivity index (χ0) is 27.1. The highest BCUT2D eigenvalue weighted by Crippen LogP contribution is 2.49. The quantitative estimate of drug-likeness (QED) is 0.118. The number of esters is 2. The van der Waals surface area contributed by atoms with Gasteiger partial charge in [0.2, 0.25) is 0 Å². The number of phosphoric ester groups is 1. The molecule has 37 heavy (non-hydrogen) atoms. The van der Waals surface area contributed by atoms with Gasteiger partial charge in [0.05, 0.1) is 19.8 Å². The van der Waals surface area contributed by atoms with Crippen molar-refractivity contribution in [1.82, 2.24) is 0 Å². The molecule has 11 heteroatoms. The minimum atomic E-state index is -3.50. The molecule has 0 unspecified atom stereocenters. The van der Waals surface area contributed by atoms with Gasteiger partial charge in [-0.3, -0.25) is 23.2 Å². The zero-order valence-electron chi connectivity index (χ0n) is 21.1. The summed E-state index contributed by atoms with van der Waals surface area (Å²) in [7, 11) is -3.50. The van der Waals surface area contributed by atoms with E-state index in [0.29, 0.717) is 12.2 Å². The van der Waals surface area contributed by atoms with Crippen LogP contribution in [0.2, 0.25) is 0 Å². The fourth-order valence-electron chi connectivity index (χ4n) is 3.20. The number of rotatable bonds is 17. The van der Waals surface area contributed by atoms with Gasteiger partial charge in [0.25, 0.3) is 0 Å². The lowest BCUT2D eigenvalue weighted by Gasteiger charge is -2.16. The summed E-state index contributed by atoms with van der Waals surface area (Å²) >= 11 is 0. The van der Waals surface area contributed by atoms with Crippen molar-refractivity contribution in [2.75, 3.05) is 19.8 Å². The van der Waals surface area contributed by atoms with Crippen LogP contribution in [0.25, 0.3) is 0 Å². The number of phosphoric acid groups is 1. The molecule has 0 spiro atoms. The molecular formula is C26H33O10P. The lowest BCUT2D eigenvalue weighted by Crippen LogP contribution is -2.14. The normalized spacial score (nSPS) is 11.2. The number of carbonyl (C=O) groups excluding carboxylic acids is 2. The first kappa shape index (κ1) is 30.2.